The highest BCUT2D eigenvalue weighted by Gasteiger charge is 2.36. The molecular weight excluding hydrogens is 386 g/mol. The highest BCUT2D eigenvalue weighted by Crippen LogP contribution is 2.30. The van der Waals surface area contributed by atoms with E-state index in [4.69, 9.17) is 9.84 Å². The van der Waals surface area contributed by atoms with Gasteiger partial charge in [-0.05, 0) is 48.7 Å². The Labute approximate surface area is 171 Å². The maximum absolute atomic E-state index is 12.7. The summed E-state index contributed by atoms with van der Waals surface area (Å²) in [5, 5.41) is 22.3. The molecule has 4 N–H and O–H groups in total. The fourth-order valence-corrected chi connectivity index (χ4v) is 3.32. The van der Waals surface area contributed by atoms with E-state index in [1.807, 2.05) is 25.1 Å². The van der Waals surface area contributed by atoms with E-state index in [0.29, 0.717) is 23.3 Å². The maximum Gasteiger partial charge on any atom is 0.345 e. The van der Waals surface area contributed by atoms with Gasteiger partial charge in [0.15, 0.2) is 11.3 Å². The molecule has 0 amide bonds. The third kappa shape index (κ3) is 3.56. The molecule has 1 aromatic carbocycles. The van der Waals surface area contributed by atoms with Gasteiger partial charge in [-0.3, -0.25) is 4.79 Å². The van der Waals surface area contributed by atoms with E-state index in [1.165, 1.54) is 6.08 Å². The number of Topliss-reactive ketones (excluding diaryl/α,β-unsaturated/α-hetero) is 1. The molecule has 0 unspecified atom stereocenters. The van der Waals surface area contributed by atoms with Crippen molar-refractivity contribution in [3.63, 3.8) is 0 Å². The molecule has 30 heavy (non-hydrogen) atoms. The van der Waals surface area contributed by atoms with Crippen molar-refractivity contribution >= 4 is 34.5 Å². The number of anilines is 1. The summed E-state index contributed by atoms with van der Waals surface area (Å²) in [6, 6.07) is 9.07. The summed E-state index contributed by atoms with van der Waals surface area (Å²) >= 11 is 0. The van der Waals surface area contributed by atoms with Crippen molar-refractivity contribution in [3.05, 3.63) is 76.6 Å². The Morgan fingerprint density at radius 3 is 2.90 bits per heavy atom. The number of carboxylic acid groups (broad SMARTS) is 1. The van der Waals surface area contributed by atoms with Gasteiger partial charge in [0.1, 0.15) is 5.65 Å². The summed E-state index contributed by atoms with van der Waals surface area (Å²) in [6.07, 6.45) is 5.34. The molecular formula is C22H19N3O5. The number of aromatic amines is 1. The van der Waals surface area contributed by atoms with Crippen molar-refractivity contribution in [2.24, 2.45) is 0 Å². The third-order valence-corrected chi connectivity index (χ3v) is 4.81. The summed E-state index contributed by atoms with van der Waals surface area (Å²) in [4.78, 5) is 31.6. The van der Waals surface area contributed by atoms with E-state index in [9.17, 15) is 14.7 Å². The minimum absolute atomic E-state index is 0.0374. The number of aryl methyl sites for hydroxylation is 1. The van der Waals surface area contributed by atoms with Crippen molar-refractivity contribution in [1.29, 1.82) is 0 Å². The molecule has 1 aliphatic heterocycles. The number of aliphatic hydroxyl groups excluding tert-OH is 1. The van der Waals surface area contributed by atoms with Gasteiger partial charge < -0.3 is 25.3 Å². The standard InChI is InChI=1S/C22H19N3O5/c1-12-9-13(6-8-26)4-5-16(12)25-21-18(22(28)29)19(27)17(30-21)10-14-11-24-20-15(14)3-2-7-23-20/h2-5,7,9-11,25-26H,6,8H2,1H3,(H,23,24)(H,28,29). The summed E-state index contributed by atoms with van der Waals surface area (Å²) in [7, 11) is 0. The minimum atomic E-state index is -1.37. The zero-order valence-corrected chi connectivity index (χ0v) is 16.1. The maximum atomic E-state index is 12.7. The molecule has 8 heteroatoms. The molecule has 3 heterocycles. The number of nitrogens with one attached hydrogen (secondary N) is 2. The first-order valence-electron chi connectivity index (χ1n) is 9.29. The second-order valence-electron chi connectivity index (χ2n) is 6.84. The van der Waals surface area contributed by atoms with Crippen LogP contribution in [0.5, 0.6) is 0 Å². The summed E-state index contributed by atoms with van der Waals surface area (Å²) in [5.41, 5.74) is 3.24. The van der Waals surface area contributed by atoms with Crippen molar-refractivity contribution in [2.75, 3.05) is 11.9 Å². The predicted octanol–water partition coefficient (Wildman–Crippen LogP) is 2.75. The SMILES string of the molecule is Cc1cc(CCO)ccc1NC1=C(C(=O)O)C(=O)C(=Cc2c[nH]c3ncccc23)O1. The van der Waals surface area contributed by atoms with E-state index < -0.39 is 17.3 Å². The molecule has 0 saturated carbocycles. The van der Waals surface area contributed by atoms with E-state index in [1.54, 1.807) is 24.5 Å². The van der Waals surface area contributed by atoms with Gasteiger partial charge in [0.25, 0.3) is 0 Å². The average Bonchev–Trinajstić information content (AvgIpc) is 3.26. The first kappa shape index (κ1) is 19.4. The molecule has 0 saturated heterocycles. The number of hydrogen-bond donors (Lipinski definition) is 4. The van der Waals surface area contributed by atoms with E-state index in [0.717, 1.165) is 16.5 Å². The van der Waals surface area contributed by atoms with Gasteiger partial charge >= 0.3 is 5.97 Å². The van der Waals surface area contributed by atoms with Gasteiger partial charge in [0, 0.05) is 35.6 Å². The van der Waals surface area contributed by atoms with Crippen molar-refractivity contribution in [2.45, 2.75) is 13.3 Å². The van der Waals surface area contributed by atoms with E-state index >= 15 is 0 Å². The van der Waals surface area contributed by atoms with Crippen molar-refractivity contribution in [3.8, 4) is 0 Å². The number of aliphatic hydroxyl groups is 1. The molecule has 3 aromatic rings. The smallest absolute Gasteiger partial charge is 0.345 e. The van der Waals surface area contributed by atoms with E-state index in [-0.39, 0.29) is 18.2 Å². The Balaban J connectivity index is 1.66. The Hall–Kier alpha value is -3.91. The Morgan fingerprint density at radius 1 is 1.33 bits per heavy atom. The lowest BCUT2D eigenvalue weighted by Gasteiger charge is -2.12. The molecule has 1 aliphatic rings. The summed E-state index contributed by atoms with van der Waals surface area (Å²) in [6.45, 7) is 1.88. The highest BCUT2D eigenvalue weighted by molar-refractivity contribution is 6.26. The quantitative estimate of drug-likeness (QED) is 0.367. The molecule has 0 aliphatic carbocycles. The third-order valence-electron chi connectivity index (χ3n) is 4.81. The molecule has 0 atom stereocenters. The number of benzene rings is 1. The van der Waals surface area contributed by atoms with Gasteiger partial charge in [-0.25, -0.2) is 9.78 Å². The van der Waals surface area contributed by atoms with Crippen LogP contribution in [-0.4, -0.2) is 38.5 Å². The van der Waals surface area contributed by atoms with Crippen LogP contribution in [0.25, 0.3) is 17.1 Å². The second kappa shape index (κ2) is 7.84. The number of ether oxygens (including phenoxy) is 1. The Kier molecular flexibility index (Phi) is 5.07. The average molecular weight is 405 g/mol. The summed E-state index contributed by atoms with van der Waals surface area (Å²) < 4.78 is 5.63. The van der Waals surface area contributed by atoms with Crippen molar-refractivity contribution < 1.29 is 24.5 Å². The molecule has 152 valence electrons. The summed E-state index contributed by atoms with van der Waals surface area (Å²) in [5.74, 6) is -2.30. The topological polar surface area (TPSA) is 125 Å². The largest absolute Gasteiger partial charge is 0.477 e. The number of H-pyrrole nitrogens is 1. The van der Waals surface area contributed by atoms with Crippen LogP contribution in [0, 0.1) is 6.92 Å². The van der Waals surface area contributed by atoms with Gasteiger partial charge in [0.2, 0.25) is 11.7 Å². The Bertz CT molecular complexity index is 1220. The molecule has 0 fully saturated rings. The monoisotopic (exact) mass is 405 g/mol. The van der Waals surface area contributed by atoms with Gasteiger partial charge in [0.05, 0.1) is 0 Å². The first-order valence-corrected chi connectivity index (χ1v) is 9.29. The van der Waals surface area contributed by atoms with Crippen LogP contribution in [0.3, 0.4) is 0 Å². The fraction of sp³-hybridized carbons (Fsp3) is 0.136. The zero-order chi connectivity index (χ0) is 21.3. The lowest BCUT2D eigenvalue weighted by Crippen LogP contribution is -2.12. The number of carbonyl (C=O) groups excluding carboxylic acids is 1. The number of nitrogens with zero attached hydrogens (tertiary/aromatic N) is 1. The normalized spacial score (nSPS) is 15.1. The van der Waals surface area contributed by atoms with Crippen molar-refractivity contribution in [1.82, 2.24) is 9.97 Å². The van der Waals surface area contributed by atoms with Crippen LogP contribution in [0.15, 0.2) is 59.9 Å². The molecule has 8 nitrogen and oxygen atoms in total. The molecule has 2 aromatic heterocycles. The van der Waals surface area contributed by atoms with Gasteiger partial charge in [-0.15, -0.1) is 0 Å². The van der Waals surface area contributed by atoms with E-state index in [2.05, 4.69) is 15.3 Å². The number of fused-ring (bicyclic) bond motifs is 1. The second-order valence-corrected chi connectivity index (χ2v) is 6.84. The lowest BCUT2D eigenvalue weighted by molar-refractivity contribution is -0.134. The zero-order valence-electron chi connectivity index (χ0n) is 16.1. The van der Waals surface area contributed by atoms with Crippen LogP contribution in [-0.2, 0) is 20.7 Å². The fourth-order valence-electron chi connectivity index (χ4n) is 3.32. The number of pyridine rings is 1. The highest BCUT2D eigenvalue weighted by atomic mass is 16.5. The first-order chi connectivity index (χ1) is 14.5. The number of carboxylic acids is 1. The van der Waals surface area contributed by atoms with Crippen LogP contribution in [0.1, 0.15) is 16.7 Å². The predicted molar refractivity (Wildman–Crippen MR) is 110 cm³/mol. The molecule has 0 bridgehead atoms. The lowest BCUT2D eigenvalue weighted by atomic mass is 10.1. The number of aromatic nitrogens is 2. The number of carbonyl (C=O) groups is 2. The molecule has 4 rings (SSSR count). The molecule has 0 spiro atoms. The van der Waals surface area contributed by atoms with Crippen LogP contribution in [0.4, 0.5) is 5.69 Å². The van der Waals surface area contributed by atoms with Crippen LogP contribution < -0.4 is 5.32 Å². The number of ketones is 1. The number of allylic oxidation sites excluding steroid dienone is 1. The number of aliphatic carboxylic acids is 1. The minimum Gasteiger partial charge on any atom is -0.477 e. The van der Waals surface area contributed by atoms with Crippen LogP contribution in [0.2, 0.25) is 0 Å². The molecule has 0 radical (unpaired) electrons. The van der Waals surface area contributed by atoms with Crippen LogP contribution >= 0.6 is 0 Å². The van der Waals surface area contributed by atoms with Gasteiger partial charge in [-0.2, -0.15) is 0 Å². The van der Waals surface area contributed by atoms with Gasteiger partial charge in [-0.1, -0.05) is 12.1 Å². The number of hydrogen-bond acceptors (Lipinski definition) is 6. The number of rotatable bonds is 6. The Morgan fingerprint density at radius 2 is 2.17 bits per heavy atom.